The zero-order valence-corrected chi connectivity index (χ0v) is 11.5. The van der Waals surface area contributed by atoms with Gasteiger partial charge >= 0.3 is 0 Å². The molecule has 0 N–H and O–H groups in total. The van der Waals surface area contributed by atoms with Crippen LogP contribution in [0.5, 0.6) is 0 Å². The molecule has 1 aliphatic heterocycles. The van der Waals surface area contributed by atoms with Crippen LogP contribution in [0.1, 0.15) is 21.5 Å². The largest absolute Gasteiger partial charge is 0.380 e. The van der Waals surface area contributed by atoms with Gasteiger partial charge in [-0.25, -0.2) is 0 Å². The van der Waals surface area contributed by atoms with Crippen molar-refractivity contribution in [1.29, 1.82) is 0 Å². The summed E-state index contributed by atoms with van der Waals surface area (Å²) < 4.78 is 5.63. The van der Waals surface area contributed by atoms with E-state index in [1.165, 1.54) is 27.5 Å². The van der Waals surface area contributed by atoms with E-state index in [1.807, 2.05) is 0 Å². The number of hydrogen-bond donors (Lipinski definition) is 0. The van der Waals surface area contributed by atoms with E-state index in [0.29, 0.717) is 4.83 Å². The van der Waals surface area contributed by atoms with Gasteiger partial charge in [0, 0.05) is 0 Å². The number of rotatable bonds is 0. The Kier molecular flexibility index (Phi) is 2.93. The number of halogens is 1. The Morgan fingerprint density at radius 3 is 2.82 bits per heavy atom. The van der Waals surface area contributed by atoms with Crippen molar-refractivity contribution >= 4 is 26.7 Å². The molecular weight excluding hydrogens is 276 g/mol. The number of hydrogen-bond acceptors (Lipinski definition) is 1. The predicted molar refractivity (Wildman–Crippen MR) is 74.9 cm³/mol. The molecule has 88 valence electrons. The summed E-state index contributed by atoms with van der Waals surface area (Å²) in [5, 5.41) is 2.75. The van der Waals surface area contributed by atoms with E-state index in [-0.39, 0.29) is 0 Å². The third-order valence-corrected chi connectivity index (χ3v) is 4.25. The number of ether oxygens (including phenoxy) is 1. The highest BCUT2D eigenvalue weighted by atomic mass is 79.9. The third-order valence-electron chi connectivity index (χ3n) is 3.50. The molecule has 2 aromatic rings. The summed E-state index contributed by atoms with van der Waals surface area (Å²) in [4.78, 5) is 0.323. The summed E-state index contributed by atoms with van der Waals surface area (Å²) in [6.45, 7) is 3.78. The molecule has 0 spiro atoms. The Bertz CT molecular complexity index is 562. The van der Waals surface area contributed by atoms with E-state index in [0.717, 1.165) is 19.6 Å². The monoisotopic (exact) mass is 290 g/mol. The number of fused-ring (bicyclic) bond motifs is 3. The van der Waals surface area contributed by atoms with Crippen LogP contribution in [-0.4, -0.2) is 13.2 Å². The molecule has 0 saturated heterocycles. The number of alkyl halides is 1. The fourth-order valence-electron chi connectivity index (χ4n) is 2.65. The minimum absolute atomic E-state index is 0.323. The second-order valence-corrected chi connectivity index (χ2v) is 5.70. The molecule has 0 amide bonds. The van der Waals surface area contributed by atoms with E-state index in [4.69, 9.17) is 4.74 Å². The molecule has 1 heterocycles. The standard InChI is InChI=1S/C15H15BrO/c1-10-8-14-13(6-7-17-9-15(14)16)12-5-3-2-4-11(10)12/h2-5,8,15H,6-7,9H2,1H3. The average molecular weight is 291 g/mol. The van der Waals surface area contributed by atoms with Crippen molar-refractivity contribution in [1.82, 2.24) is 0 Å². The molecular formula is C15H15BrO. The highest BCUT2D eigenvalue weighted by molar-refractivity contribution is 9.09. The zero-order chi connectivity index (χ0) is 11.8. The maximum Gasteiger partial charge on any atom is 0.0632 e. The highest BCUT2D eigenvalue weighted by Crippen LogP contribution is 2.35. The van der Waals surface area contributed by atoms with Crippen molar-refractivity contribution in [2.24, 2.45) is 0 Å². The SMILES string of the molecule is Cc1cc2c(c3ccccc13)CCOCC2Br. The van der Waals surface area contributed by atoms with Crippen LogP contribution in [0.15, 0.2) is 30.3 Å². The van der Waals surface area contributed by atoms with Crippen molar-refractivity contribution in [2.75, 3.05) is 13.2 Å². The fraction of sp³-hybridized carbons (Fsp3) is 0.333. The van der Waals surface area contributed by atoms with Gasteiger partial charge in [-0.3, -0.25) is 0 Å². The Morgan fingerprint density at radius 1 is 1.24 bits per heavy atom. The lowest BCUT2D eigenvalue weighted by Gasteiger charge is -2.15. The van der Waals surface area contributed by atoms with Crippen LogP contribution in [0.3, 0.4) is 0 Å². The molecule has 0 aromatic heterocycles. The molecule has 2 heteroatoms. The van der Waals surface area contributed by atoms with Crippen LogP contribution < -0.4 is 0 Å². The van der Waals surface area contributed by atoms with Gasteiger partial charge in [0.05, 0.1) is 18.0 Å². The van der Waals surface area contributed by atoms with Crippen LogP contribution in [0, 0.1) is 6.92 Å². The molecule has 0 radical (unpaired) electrons. The van der Waals surface area contributed by atoms with Crippen molar-refractivity contribution in [3.05, 3.63) is 47.0 Å². The van der Waals surface area contributed by atoms with Gasteiger partial charge in [-0.2, -0.15) is 0 Å². The Balaban J connectivity index is 2.34. The van der Waals surface area contributed by atoms with Gasteiger partial charge in [0.15, 0.2) is 0 Å². The zero-order valence-electron chi connectivity index (χ0n) is 9.87. The molecule has 2 aromatic carbocycles. The molecule has 0 fully saturated rings. The van der Waals surface area contributed by atoms with Crippen LogP contribution >= 0.6 is 15.9 Å². The van der Waals surface area contributed by atoms with E-state index >= 15 is 0 Å². The first kappa shape index (κ1) is 11.2. The third kappa shape index (κ3) is 1.90. The summed E-state index contributed by atoms with van der Waals surface area (Å²) in [5.74, 6) is 0. The number of benzene rings is 2. The summed E-state index contributed by atoms with van der Waals surface area (Å²) in [6.07, 6.45) is 1.01. The summed E-state index contributed by atoms with van der Waals surface area (Å²) in [5.41, 5.74) is 4.20. The van der Waals surface area contributed by atoms with Crippen LogP contribution in [-0.2, 0) is 11.2 Å². The van der Waals surface area contributed by atoms with Gasteiger partial charge in [-0.05, 0) is 40.8 Å². The first-order valence-corrected chi connectivity index (χ1v) is 6.92. The molecule has 3 rings (SSSR count). The average Bonchev–Trinajstić information content (AvgIpc) is 2.53. The maximum atomic E-state index is 5.63. The molecule has 1 aliphatic rings. The van der Waals surface area contributed by atoms with E-state index in [1.54, 1.807) is 0 Å². The van der Waals surface area contributed by atoms with Crippen molar-refractivity contribution in [3.63, 3.8) is 0 Å². The molecule has 1 atom stereocenters. The Morgan fingerprint density at radius 2 is 2.00 bits per heavy atom. The van der Waals surface area contributed by atoms with Crippen molar-refractivity contribution in [2.45, 2.75) is 18.2 Å². The van der Waals surface area contributed by atoms with E-state index in [9.17, 15) is 0 Å². The Hall–Kier alpha value is -0.860. The minimum atomic E-state index is 0.323. The molecule has 1 nitrogen and oxygen atoms in total. The van der Waals surface area contributed by atoms with Gasteiger partial charge in [0.1, 0.15) is 0 Å². The maximum absolute atomic E-state index is 5.63. The lowest BCUT2D eigenvalue weighted by molar-refractivity contribution is 0.146. The minimum Gasteiger partial charge on any atom is -0.380 e. The second-order valence-electron chi connectivity index (χ2n) is 4.60. The van der Waals surface area contributed by atoms with Gasteiger partial charge in [0.25, 0.3) is 0 Å². The van der Waals surface area contributed by atoms with Gasteiger partial charge in [0.2, 0.25) is 0 Å². The molecule has 0 saturated carbocycles. The predicted octanol–water partition coefficient (Wildman–Crippen LogP) is 4.16. The van der Waals surface area contributed by atoms with Crippen molar-refractivity contribution < 1.29 is 4.74 Å². The first-order chi connectivity index (χ1) is 8.27. The van der Waals surface area contributed by atoms with Crippen LogP contribution in [0.2, 0.25) is 0 Å². The van der Waals surface area contributed by atoms with Crippen LogP contribution in [0.4, 0.5) is 0 Å². The van der Waals surface area contributed by atoms with Gasteiger partial charge in [-0.1, -0.05) is 46.3 Å². The van der Waals surface area contributed by atoms with Gasteiger partial charge < -0.3 is 4.74 Å². The smallest absolute Gasteiger partial charge is 0.0632 e. The Labute approximate surface area is 110 Å². The molecule has 17 heavy (non-hydrogen) atoms. The summed E-state index contributed by atoms with van der Waals surface area (Å²) >= 11 is 3.73. The lowest BCUT2D eigenvalue weighted by Crippen LogP contribution is -1.99. The van der Waals surface area contributed by atoms with Crippen molar-refractivity contribution in [3.8, 4) is 0 Å². The molecule has 1 unspecified atom stereocenters. The number of aryl methyl sites for hydroxylation is 1. The first-order valence-electron chi connectivity index (χ1n) is 6.00. The molecule has 0 aliphatic carbocycles. The summed E-state index contributed by atoms with van der Waals surface area (Å²) in [6, 6.07) is 11.0. The topological polar surface area (TPSA) is 9.23 Å². The van der Waals surface area contributed by atoms with Crippen LogP contribution in [0.25, 0.3) is 10.8 Å². The second kappa shape index (κ2) is 4.43. The summed E-state index contributed by atoms with van der Waals surface area (Å²) in [7, 11) is 0. The van der Waals surface area contributed by atoms with E-state index < -0.39 is 0 Å². The highest BCUT2D eigenvalue weighted by Gasteiger charge is 2.19. The van der Waals surface area contributed by atoms with Gasteiger partial charge in [-0.15, -0.1) is 0 Å². The van der Waals surface area contributed by atoms with E-state index in [2.05, 4.69) is 53.2 Å². The molecule has 0 bridgehead atoms. The quantitative estimate of drug-likeness (QED) is 0.662. The lowest BCUT2D eigenvalue weighted by atomic mass is 9.92. The fourth-order valence-corrected chi connectivity index (χ4v) is 3.25. The normalized spacial score (nSPS) is 20.0.